The Labute approximate surface area is 387 Å². The highest BCUT2D eigenvalue weighted by molar-refractivity contribution is 5.56. The van der Waals surface area contributed by atoms with Crippen molar-refractivity contribution in [2.45, 2.75) is 25.7 Å². The number of fused-ring (bicyclic) bond motifs is 2. The second-order valence-electron chi connectivity index (χ2n) is 16.0. The molecule has 0 unspecified atom stereocenters. The van der Waals surface area contributed by atoms with Crippen LogP contribution in [0, 0.1) is 0 Å². The molecule has 0 saturated heterocycles. The number of hydrogen-bond donors (Lipinski definition) is 2. The maximum Gasteiger partial charge on any atom is 0.126 e. The summed E-state index contributed by atoms with van der Waals surface area (Å²) in [6, 6.07) is 40.2. The Bertz CT molecular complexity index is 2190. The van der Waals surface area contributed by atoms with Gasteiger partial charge in [-0.3, -0.25) is 0 Å². The fourth-order valence-corrected chi connectivity index (χ4v) is 8.13. The minimum absolute atomic E-state index is 0.325. The molecule has 12 nitrogen and oxygen atoms in total. The van der Waals surface area contributed by atoms with E-state index in [2.05, 4.69) is 72.8 Å². The zero-order valence-electron chi connectivity index (χ0n) is 37.5. The number of benzene rings is 6. The topological polar surface area (TPSA) is 144 Å². The number of rotatable bonds is 10. The molecule has 2 aliphatic rings. The fraction of sp³-hybridized carbons (Fsp3) is 0.333. The van der Waals surface area contributed by atoms with Gasteiger partial charge in [-0.1, -0.05) is 72.8 Å². The lowest BCUT2D eigenvalue weighted by molar-refractivity contribution is -0.00706. The molecule has 0 aromatic heterocycles. The molecule has 0 saturated carbocycles. The minimum atomic E-state index is 0.325. The van der Waals surface area contributed by atoms with Crippen molar-refractivity contribution in [3.8, 4) is 34.5 Å². The highest BCUT2D eigenvalue weighted by Crippen LogP contribution is 2.39. The van der Waals surface area contributed by atoms with Crippen LogP contribution < -0.4 is 39.9 Å². The van der Waals surface area contributed by atoms with Crippen molar-refractivity contribution < 1.29 is 47.4 Å². The summed E-state index contributed by atoms with van der Waals surface area (Å²) in [6.07, 6.45) is 2.20. The van der Waals surface area contributed by atoms with Crippen molar-refractivity contribution in [1.82, 2.24) is 0 Å². The minimum Gasteiger partial charge on any atom is -0.491 e. The van der Waals surface area contributed by atoms with Gasteiger partial charge < -0.3 is 58.8 Å². The summed E-state index contributed by atoms with van der Waals surface area (Å²) in [5.41, 5.74) is 21.4. The molecule has 6 aromatic carbocycles. The van der Waals surface area contributed by atoms with Crippen LogP contribution in [0.4, 0.5) is 11.4 Å². The van der Waals surface area contributed by atoms with Crippen LogP contribution in [0.2, 0.25) is 0 Å². The molecule has 8 rings (SSSR count). The third-order valence-electron chi connectivity index (χ3n) is 11.3. The Balaban J connectivity index is 1.18. The van der Waals surface area contributed by atoms with Gasteiger partial charge in [0.2, 0.25) is 0 Å². The van der Waals surface area contributed by atoms with Crippen LogP contribution in [0.15, 0.2) is 121 Å². The molecular weight excluding hydrogens is 837 g/mol. The molecule has 66 heavy (non-hydrogen) atoms. The molecule has 1 aliphatic heterocycles. The molecule has 1 heterocycles. The lowest BCUT2D eigenvalue weighted by Gasteiger charge is -2.23. The highest BCUT2D eigenvalue weighted by atomic mass is 16.6. The van der Waals surface area contributed by atoms with E-state index < -0.39 is 0 Å². The summed E-state index contributed by atoms with van der Waals surface area (Å²) in [7, 11) is 0. The van der Waals surface area contributed by atoms with Crippen LogP contribution in [0.1, 0.15) is 44.5 Å². The first kappa shape index (κ1) is 46.1. The summed E-state index contributed by atoms with van der Waals surface area (Å²) in [5.74, 6) is 4.67. The van der Waals surface area contributed by atoms with E-state index in [1.54, 1.807) is 0 Å². The molecule has 1 aliphatic carbocycles. The van der Waals surface area contributed by atoms with Crippen molar-refractivity contribution in [2.24, 2.45) is 0 Å². The third-order valence-corrected chi connectivity index (χ3v) is 11.3. The van der Waals surface area contributed by atoms with E-state index in [0.717, 1.165) is 79.0 Å². The Morgan fingerprint density at radius 3 is 0.909 bits per heavy atom. The zero-order valence-corrected chi connectivity index (χ0v) is 37.5. The van der Waals surface area contributed by atoms with Crippen molar-refractivity contribution >= 4 is 11.4 Å². The van der Waals surface area contributed by atoms with Crippen molar-refractivity contribution in [1.29, 1.82) is 0 Å². The van der Waals surface area contributed by atoms with Crippen LogP contribution >= 0.6 is 0 Å². The second-order valence-corrected chi connectivity index (χ2v) is 16.0. The SMILES string of the molecule is Nc1ccc(OCCOc2c3cccc2Cc2cccc4c2OCCOCCOCCOCCOCCOc2c(cccc2Cc2cccc(c2OCCOc2ccc(N)cc2)C4)C3)cc1. The first-order valence-electron chi connectivity index (χ1n) is 22.8. The van der Waals surface area contributed by atoms with Crippen molar-refractivity contribution in [3.05, 3.63) is 166 Å². The average molecular weight is 897 g/mol. The van der Waals surface area contributed by atoms with Gasteiger partial charge in [0.25, 0.3) is 0 Å². The summed E-state index contributed by atoms with van der Waals surface area (Å²) in [6.45, 7) is 5.56. The number of anilines is 2. The molecule has 10 bridgehead atoms. The molecule has 0 radical (unpaired) electrons. The average Bonchev–Trinajstić information content (AvgIpc) is 3.32. The van der Waals surface area contributed by atoms with Gasteiger partial charge in [0.05, 0.1) is 52.9 Å². The van der Waals surface area contributed by atoms with E-state index >= 15 is 0 Å². The molecular formula is C54H60N2O10. The molecule has 346 valence electrons. The molecule has 6 aromatic rings. The van der Waals surface area contributed by atoms with Crippen molar-refractivity contribution in [3.63, 3.8) is 0 Å². The van der Waals surface area contributed by atoms with Crippen molar-refractivity contribution in [2.75, 3.05) is 104 Å². The normalized spacial score (nSPS) is 15.1. The predicted octanol–water partition coefficient (Wildman–Crippen LogP) is 8.28. The fourth-order valence-electron chi connectivity index (χ4n) is 8.13. The van der Waals surface area contributed by atoms with Gasteiger partial charge in [-0.05, 0) is 93.0 Å². The smallest absolute Gasteiger partial charge is 0.126 e. The molecule has 0 atom stereocenters. The van der Waals surface area contributed by atoms with Crippen LogP contribution in [-0.2, 0) is 44.6 Å². The monoisotopic (exact) mass is 896 g/mol. The summed E-state index contributed by atoms with van der Waals surface area (Å²) in [5, 5.41) is 0. The molecule has 0 spiro atoms. The number of nitrogens with two attached hydrogens (primary N) is 2. The standard InChI is InChI=1S/C54H60N2O10/c55-47-13-17-49(18-14-47)61-31-33-65-53-43-9-3-11-45(53)37-41-7-2-8-42-38-46-12-4-10-44(54(46)66-34-32-62-50-19-15-48(56)16-20-50)36-40-6-1-5-39(35-43)51(40)63-29-27-59-25-23-57-21-22-58-24-26-60-28-30-64-52(41)42/h1-20H,21-38,55-56H2. The predicted molar refractivity (Wildman–Crippen MR) is 255 cm³/mol. The maximum absolute atomic E-state index is 6.76. The maximum atomic E-state index is 6.76. The largest absolute Gasteiger partial charge is 0.491 e. The van der Waals surface area contributed by atoms with Crippen LogP contribution in [0.5, 0.6) is 34.5 Å². The van der Waals surface area contributed by atoms with E-state index in [9.17, 15) is 0 Å². The number of para-hydroxylation sites is 4. The molecule has 12 heteroatoms. The van der Waals surface area contributed by atoms with E-state index in [1.807, 2.05) is 48.5 Å². The Kier molecular flexibility index (Phi) is 16.9. The van der Waals surface area contributed by atoms with E-state index in [0.29, 0.717) is 130 Å². The van der Waals surface area contributed by atoms with Gasteiger partial charge in [-0.15, -0.1) is 0 Å². The molecule has 0 fully saturated rings. The first-order chi connectivity index (χ1) is 32.6. The Morgan fingerprint density at radius 2 is 0.591 bits per heavy atom. The Hall–Kier alpha value is -6.44. The zero-order chi connectivity index (χ0) is 45.2. The van der Waals surface area contributed by atoms with Gasteiger partial charge in [0.15, 0.2) is 0 Å². The van der Waals surface area contributed by atoms with Gasteiger partial charge in [-0.25, -0.2) is 0 Å². The lowest BCUT2D eigenvalue weighted by atomic mass is 9.91. The van der Waals surface area contributed by atoms with E-state index in [1.165, 1.54) is 0 Å². The number of ether oxygens (including phenoxy) is 10. The Morgan fingerprint density at radius 1 is 0.318 bits per heavy atom. The summed E-state index contributed by atoms with van der Waals surface area (Å²) in [4.78, 5) is 0. The van der Waals surface area contributed by atoms with Gasteiger partial charge >= 0.3 is 0 Å². The van der Waals surface area contributed by atoms with E-state index in [-0.39, 0.29) is 0 Å². The van der Waals surface area contributed by atoms with Crippen LogP contribution in [0.3, 0.4) is 0 Å². The van der Waals surface area contributed by atoms with Crippen LogP contribution in [-0.4, -0.2) is 92.5 Å². The van der Waals surface area contributed by atoms with Gasteiger partial charge in [-0.2, -0.15) is 0 Å². The quantitative estimate of drug-likeness (QED) is 0.101. The molecule has 0 amide bonds. The number of hydrogen-bond acceptors (Lipinski definition) is 12. The molecule has 4 N–H and O–H groups in total. The van der Waals surface area contributed by atoms with E-state index in [4.69, 9.17) is 58.8 Å². The third kappa shape index (κ3) is 13.1. The first-order valence-corrected chi connectivity index (χ1v) is 22.8. The highest BCUT2D eigenvalue weighted by Gasteiger charge is 2.22. The van der Waals surface area contributed by atoms with Gasteiger partial charge in [0.1, 0.15) is 74.1 Å². The second kappa shape index (κ2) is 24.2. The summed E-state index contributed by atoms with van der Waals surface area (Å²) >= 11 is 0. The van der Waals surface area contributed by atoms with Gasteiger partial charge in [0, 0.05) is 37.1 Å². The van der Waals surface area contributed by atoms with Crippen LogP contribution in [0.25, 0.3) is 0 Å². The lowest BCUT2D eigenvalue weighted by Crippen LogP contribution is -2.15. The number of nitrogen functional groups attached to an aromatic ring is 2. The summed E-state index contributed by atoms with van der Waals surface area (Å²) < 4.78 is 62.6.